The van der Waals surface area contributed by atoms with Gasteiger partial charge >= 0.3 is 0 Å². The maximum Gasteiger partial charge on any atom is 0.230 e. The van der Waals surface area contributed by atoms with Crippen LogP contribution in [-0.4, -0.2) is 38.5 Å². The number of hydrogen-bond donors (Lipinski definition) is 2. The molecule has 1 atom stereocenters. The Hall–Kier alpha value is -1.26. The van der Waals surface area contributed by atoms with E-state index in [1.165, 1.54) is 0 Å². The number of halogens is 1. The van der Waals surface area contributed by atoms with Gasteiger partial charge in [0, 0.05) is 11.8 Å². The third-order valence-corrected chi connectivity index (χ3v) is 3.62. The molecule has 0 saturated heterocycles. The standard InChI is InChI=1S/C11H15ClN6S/c1-11(5-13,6-19-2)18-10-16-8(12)15-9(17-10)14-7-3-4-7/h7H,3-4,6H2,1-2H3,(H2,14,15,16,17,18). The highest BCUT2D eigenvalue weighted by Gasteiger charge is 2.26. The fourth-order valence-corrected chi connectivity index (χ4v) is 2.39. The second-order valence-corrected chi connectivity index (χ2v) is 5.88. The van der Waals surface area contributed by atoms with Gasteiger partial charge < -0.3 is 10.6 Å². The van der Waals surface area contributed by atoms with Crippen molar-refractivity contribution in [2.24, 2.45) is 0 Å². The molecule has 0 spiro atoms. The fraction of sp³-hybridized carbons (Fsp3) is 0.636. The minimum Gasteiger partial charge on any atom is -0.351 e. The molecule has 1 fully saturated rings. The summed E-state index contributed by atoms with van der Waals surface area (Å²) >= 11 is 7.45. The molecule has 6 nitrogen and oxygen atoms in total. The lowest BCUT2D eigenvalue weighted by Gasteiger charge is -2.22. The van der Waals surface area contributed by atoms with E-state index in [1.807, 2.05) is 6.26 Å². The minimum atomic E-state index is -0.735. The van der Waals surface area contributed by atoms with E-state index < -0.39 is 5.54 Å². The Morgan fingerprint density at radius 1 is 1.42 bits per heavy atom. The first-order valence-corrected chi connectivity index (χ1v) is 7.68. The van der Waals surface area contributed by atoms with Crippen LogP contribution in [-0.2, 0) is 0 Å². The Morgan fingerprint density at radius 3 is 2.68 bits per heavy atom. The Morgan fingerprint density at radius 2 is 2.11 bits per heavy atom. The van der Waals surface area contributed by atoms with Gasteiger partial charge in [0.1, 0.15) is 5.54 Å². The van der Waals surface area contributed by atoms with Gasteiger partial charge in [-0.15, -0.1) is 0 Å². The average Bonchev–Trinajstić information content (AvgIpc) is 3.12. The van der Waals surface area contributed by atoms with E-state index in [0.29, 0.717) is 23.7 Å². The molecular formula is C11H15ClN6S. The van der Waals surface area contributed by atoms with E-state index in [-0.39, 0.29) is 5.28 Å². The highest BCUT2D eigenvalue weighted by atomic mass is 35.5. The summed E-state index contributed by atoms with van der Waals surface area (Å²) in [6.45, 7) is 1.80. The molecule has 1 aliphatic rings. The summed E-state index contributed by atoms with van der Waals surface area (Å²) in [5.74, 6) is 1.40. The van der Waals surface area contributed by atoms with E-state index >= 15 is 0 Å². The van der Waals surface area contributed by atoms with Gasteiger partial charge in [-0.3, -0.25) is 0 Å². The first-order valence-electron chi connectivity index (χ1n) is 5.91. The van der Waals surface area contributed by atoms with E-state index in [9.17, 15) is 5.26 Å². The highest BCUT2D eigenvalue weighted by molar-refractivity contribution is 7.98. The molecule has 1 aromatic rings. The zero-order valence-electron chi connectivity index (χ0n) is 10.8. The maximum absolute atomic E-state index is 9.23. The first-order chi connectivity index (χ1) is 9.04. The van der Waals surface area contributed by atoms with Crippen LogP contribution in [0.2, 0.25) is 5.28 Å². The smallest absolute Gasteiger partial charge is 0.230 e. The molecule has 0 bridgehead atoms. The number of nitrogens with zero attached hydrogens (tertiary/aromatic N) is 4. The normalized spacial score (nSPS) is 17.4. The van der Waals surface area contributed by atoms with Crippen LogP contribution in [0.5, 0.6) is 0 Å². The Kier molecular flexibility index (Phi) is 4.32. The number of anilines is 2. The van der Waals surface area contributed by atoms with Gasteiger partial charge in [-0.2, -0.15) is 32.0 Å². The van der Waals surface area contributed by atoms with Crippen molar-refractivity contribution in [1.29, 1.82) is 5.26 Å². The van der Waals surface area contributed by atoms with Gasteiger partial charge in [0.25, 0.3) is 0 Å². The maximum atomic E-state index is 9.23. The van der Waals surface area contributed by atoms with Crippen LogP contribution in [0.15, 0.2) is 0 Å². The molecule has 0 aliphatic heterocycles. The summed E-state index contributed by atoms with van der Waals surface area (Å²) in [6, 6.07) is 2.65. The Bertz CT molecular complexity index is 500. The van der Waals surface area contributed by atoms with Gasteiger partial charge in [0.2, 0.25) is 17.2 Å². The molecule has 0 radical (unpaired) electrons. The molecule has 1 aliphatic carbocycles. The van der Waals surface area contributed by atoms with Gasteiger partial charge in [0.05, 0.1) is 6.07 Å². The van der Waals surface area contributed by atoms with E-state index in [4.69, 9.17) is 11.6 Å². The number of aromatic nitrogens is 3. The zero-order chi connectivity index (χ0) is 13.9. The summed E-state index contributed by atoms with van der Waals surface area (Å²) in [7, 11) is 0. The molecule has 1 saturated carbocycles. The Labute approximate surface area is 121 Å². The van der Waals surface area contributed by atoms with Crippen LogP contribution in [0.25, 0.3) is 0 Å². The topological polar surface area (TPSA) is 86.5 Å². The van der Waals surface area contributed by atoms with Crippen molar-refractivity contribution >= 4 is 35.3 Å². The molecule has 0 aromatic carbocycles. The molecule has 2 N–H and O–H groups in total. The molecule has 1 heterocycles. The molecule has 2 rings (SSSR count). The summed E-state index contributed by atoms with van der Waals surface area (Å²) in [4.78, 5) is 12.3. The quantitative estimate of drug-likeness (QED) is 0.832. The van der Waals surface area contributed by atoms with Crippen molar-refractivity contribution in [3.8, 4) is 6.07 Å². The van der Waals surface area contributed by atoms with Gasteiger partial charge in [0.15, 0.2) is 0 Å². The second-order valence-electron chi connectivity index (χ2n) is 4.67. The van der Waals surface area contributed by atoms with Crippen LogP contribution < -0.4 is 10.6 Å². The molecular weight excluding hydrogens is 284 g/mol. The molecule has 102 valence electrons. The van der Waals surface area contributed by atoms with Crippen molar-refractivity contribution < 1.29 is 0 Å². The Balaban J connectivity index is 2.14. The number of rotatable bonds is 6. The lowest BCUT2D eigenvalue weighted by molar-refractivity contribution is 0.727. The van der Waals surface area contributed by atoms with Crippen molar-refractivity contribution in [3.05, 3.63) is 5.28 Å². The van der Waals surface area contributed by atoms with Crippen molar-refractivity contribution in [2.75, 3.05) is 22.6 Å². The molecule has 1 unspecified atom stereocenters. The molecule has 8 heteroatoms. The van der Waals surface area contributed by atoms with Crippen molar-refractivity contribution in [2.45, 2.75) is 31.3 Å². The number of nitrogens with one attached hydrogen (secondary N) is 2. The van der Waals surface area contributed by atoms with Gasteiger partial charge in [-0.25, -0.2) is 0 Å². The first kappa shape index (κ1) is 14.2. The summed E-state index contributed by atoms with van der Waals surface area (Å²) in [5.41, 5.74) is -0.735. The average molecular weight is 299 g/mol. The summed E-state index contributed by atoms with van der Waals surface area (Å²) < 4.78 is 0. The molecule has 0 amide bonds. The van der Waals surface area contributed by atoms with Crippen molar-refractivity contribution in [1.82, 2.24) is 15.0 Å². The number of hydrogen-bond acceptors (Lipinski definition) is 7. The van der Waals surface area contributed by atoms with Crippen LogP contribution in [0.1, 0.15) is 19.8 Å². The van der Waals surface area contributed by atoms with Crippen LogP contribution >= 0.6 is 23.4 Å². The predicted molar refractivity (Wildman–Crippen MR) is 77.5 cm³/mol. The van der Waals surface area contributed by atoms with E-state index in [1.54, 1.807) is 18.7 Å². The van der Waals surface area contributed by atoms with Gasteiger partial charge in [-0.05, 0) is 37.6 Å². The lowest BCUT2D eigenvalue weighted by atomic mass is 10.1. The third kappa shape index (κ3) is 4.11. The largest absolute Gasteiger partial charge is 0.351 e. The molecule has 1 aromatic heterocycles. The summed E-state index contributed by atoms with van der Waals surface area (Å²) in [5, 5.41) is 15.5. The zero-order valence-corrected chi connectivity index (χ0v) is 12.3. The SMILES string of the molecule is CSCC(C)(C#N)Nc1nc(Cl)nc(NC2CC2)n1. The van der Waals surface area contributed by atoms with Gasteiger partial charge in [-0.1, -0.05) is 0 Å². The third-order valence-electron chi connectivity index (χ3n) is 2.59. The van der Waals surface area contributed by atoms with Crippen molar-refractivity contribution in [3.63, 3.8) is 0 Å². The highest BCUT2D eigenvalue weighted by Crippen LogP contribution is 2.24. The lowest BCUT2D eigenvalue weighted by Crippen LogP contribution is -2.36. The van der Waals surface area contributed by atoms with Crippen LogP contribution in [0.4, 0.5) is 11.9 Å². The summed E-state index contributed by atoms with van der Waals surface area (Å²) in [6.07, 6.45) is 4.18. The molecule has 19 heavy (non-hydrogen) atoms. The predicted octanol–water partition coefficient (Wildman–Crippen LogP) is 2.16. The number of nitriles is 1. The van der Waals surface area contributed by atoms with Crippen LogP contribution in [0.3, 0.4) is 0 Å². The second kappa shape index (κ2) is 5.80. The minimum absolute atomic E-state index is 0.116. The monoisotopic (exact) mass is 298 g/mol. The van der Waals surface area contributed by atoms with E-state index in [0.717, 1.165) is 12.8 Å². The number of thioether (sulfide) groups is 1. The fourth-order valence-electron chi connectivity index (χ4n) is 1.51. The van der Waals surface area contributed by atoms with Crippen LogP contribution in [0, 0.1) is 11.3 Å². The van der Waals surface area contributed by atoms with E-state index in [2.05, 4.69) is 31.7 Å².